The van der Waals surface area contributed by atoms with E-state index in [4.69, 9.17) is 4.74 Å². The molecule has 0 spiro atoms. The van der Waals surface area contributed by atoms with Gasteiger partial charge in [-0.2, -0.15) is 0 Å². The fourth-order valence-corrected chi connectivity index (χ4v) is 1.50. The van der Waals surface area contributed by atoms with Gasteiger partial charge in [-0.3, -0.25) is 4.79 Å². The van der Waals surface area contributed by atoms with Crippen molar-refractivity contribution in [2.45, 2.75) is 13.3 Å². The molecule has 1 rings (SSSR count). The van der Waals surface area contributed by atoms with Crippen LogP contribution in [0, 0.1) is 0 Å². The lowest BCUT2D eigenvalue weighted by Gasteiger charge is -2.02. The van der Waals surface area contributed by atoms with Crippen LogP contribution in [0.25, 0.3) is 0 Å². The van der Waals surface area contributed by atoms with Crippen molar-refractivity contribution in [1.29, 1.82) is 0 Å². The maximum Gasteiger partial charge on any atom is 0.308 e. The van der Waals surface area contributed by atoms with E-state index in [0.717, 1.165) is 17.3 Å². The SMILES string of the molecule is CC(=O)Oc1cccc(CCBr)c1. The molecule has 0 heterocycles. The Morgan fingerprint density at radius 2 is 2.31 bits per heavy atom. The zero-order valence-corrected chi connectivity index (χ0v) is 9.00. The average Bonchev–Trinajstić information content (AvgIpc) is 2.04. The maximum absolute atomic E-state index is 10.7. The van der Waals surface area contributed by atoms with E-state index in [2.05, 4.69) is 15.9 Å². The van der Waals surface area contributed by atoms with Crippen LogP contribution in [0.3, 0.4) is 0 Å². The molecule has 0 aromatic heterocycles. The molecule has 0 aliphatic heterocycles. The van der Waals surface area contributed by atoms with Crippen LogP contribution >= 0.6 is 15.9 Å². The second kappa shape index (κ2) is 5.02. The molecule has 0 saturated carbocycles. The van der Waals surface area contributed by atoms with Crippen LogP contribution in [-0.4, -0.2) is 11.3 Å². The number of hydrogen-bond donors (Lipinski definition) is 0. The number of carbonyl (C=O) groups excluding carboxylic acids is 1. The number of esters is 1. The zero-order valence-electron chi connectivity index (χ0n) is 7.42. The highest BCUT2D eigenvalue weighted by Crippen LogP contribution is 2.14. The summed E-state index contributed by atoms with van der Waals surface area (Å²) in [5.41, 5.74) is 1.16. The van der Waals surface area contributed by atoms with Gasteiger partial charge in [-0.15, -0.1) is 0 Å². The molecule has 2 nitrogen and oxygen atoms in total. The van der Waals surface area contributed by atoms with Gasteiger partial charge in [0.25, 0.3) is 0 Å². The van der Waals surface area contributed by atoms with Crippen LogP contribution in [0.4, 0.5) is 0 Å². The smallest absolute Gasteiger partial charge is 0.308 e. The van der Waals surface area contributed by atoms with Gasteiger partial charge in [0.1, 0.15) is 5.75 Å². The highest BCUT2D eigenvalue weighted by atomic mass is 79.9. The summed E-state index contributed by atoms with van der Waals surface area (Å²) in [6.07, 6.45) is 0.940. The largest absolute Gasteiger partial charge is 0.427 e. The molecule has 0 aliphatic rings. The number of halogens is 1. The van der Waals surface area contributed by atoms with Gasteiger partial charge < -0.3 is 4.74 Å². The van der Waals surface area contributed by atoms with Gasteiger partial charge in [0.05, 0.1) is 0 Å². The molecule has 0 atom stereocenters. The number of alkyl halides is 1. The second-order valence-electron chi connectivity index (χ2n) is 2.68. The Bertz CT molecular complexity index is 297. The molecule has 0 fully saturated rings. The molecule has 1 aromatic carbocycles. The van der Waals surface area contributed by atoms with Gasteiger partial charge in [0.15, 0.2) is 0 Å². The van der Waals surface area contributed by atoms with Crippen LogP contribution in [0.15, 0.2) is 24.3 Å². The summed E-state index contributed by atoms with van der Waals surface area (Å²) in [6.45, 7) is 1.40. The van der Waals surface area contributed by atoms with Crippen LogP contribution in [0.1, 0.15) is 12.5 Å². The normalized spacial score (nSPS) is 9.69. The van der Waals surface area contributed by atoms with E-state index in [-0.39, 0.29) is 5.97 Å². The van der Waals surface area contributed by atoms with Crippen molar-refractivity contribution in [1.82, 2.24) is 0 Å². The fraction of sp³-hybridized carbons (Fsp3) is 0.300. The van der Waals surface area contributed by atoms with Crippen LogP contribution in [0.2, 0.25) is 0 Å². The first kappa shape index (κ1) is 10.3. The van der Waals surface area contributed by atoms with Crippen LogP contribution < -0.4 is 4.74 Å². The van der Waals surface area contributed by atoms with Gasteiger partial charge in [-0.1, -0.05) is 28.1 Å². The summed E-state index contributed by atoms with van der Waals surface area (Å²) < 4.78 is 4.95. The lowest BCUT2D eigenvalue weighted by atomic mass is 10.2. The monoisotopic (exact) mass is 242 g/mol. The van der Waals surface area contributed by atoms with E-state index in [0.29, 0.717) is 5.75 Å². The van der Waals surface area contributed by atoms with E-state index >= 15 is 0 Å². The Labute approximate surface area is 86.0 Å². The summed E-state index contributed by atoms with van der Waals surface area (Å²) in [5.74, 6) is 0.335. The van der Waals surface area contributed by atoms with Gasteiger partial charge in [-0.05, 0) is 24.1 Å². The number of ether oxygens (including phenoxy) is 1. The molecule has 0 saturated heterocycles. The first-order valence-electron chi connectivity index (χ1n) is 4.05. The Morgan fingerprint density at radius 1 is 1.54 bits per heavy atom. The molecule has 3 heteroatoms. The second-order valence-corrected chi connectivity index (χ2v) is 3.47. The number of rotatable bonds is 3. The third-order valence-corrected chi connectivity index (χ3v) is 1.94. The summed E-state index contributed by atoms with van der Waals surface area (Å²) in [4.78, 5) is 10.7. The summed E-state index contributed by atoms with van der Waals surface area (Å²) in [5, 5.41) is 0.913. The highest BCUT2D eigenvalue weighted by Gasteiger charge is 1.98. The number of hydrogen-bond acceptors (Lipinski definition) is 2. The van der Waals surface area contributed by atoms with Gasteiger partial charge in [-0.25, -0.2) is 0 Å². The molecule has 0 unspecified atom stereocenters. The Kier molecular flexibility index (Phi) is 3.96. The standard InChI is InChI=1S/C10H11BrO2/c1-8(12)13-10-4-2-3-9(7-10)5-6-11/h2-4,7H,5-6H2,1H3. The Morgan fingerprint density at radius 3 is 2.92 bits per heavy atom. The summed E-state index contributed by atoms with van der Waals surface area (Å²) in [6, 6.07) is 7.55. The van der Waals surface area contributed by atoms with E-state index in [9.17, 15) is 4.79 Å². The Hall–Kier alpha value is -0.830. The van der Waals surface area contributed by atoms with Crippen molar-refractivity contribution in [2.24, 2.45) is 0 Å². The highest BCUT2D eigenvalue weighted by molar-refractivity contribution is 9.09. The predicted molar refractivity (Wildman–Crippen MR) is 55.2 cm³/mol. The van der Waals surface area contributed by atoms with E-state index < -0.39 is 0 Å². The molecular weight excluding hydrogens is 232 g/mol. The lowest BCUT2D eigenvalue weighted by molar-refractivity contribution is -0.131. The average molecular weight is 243 g/mol. The fourth-order valence-electron chi connectivity index (χ4n) is 1.04. The minimum atomic E-state index is -0.281. The third kappa shape index (κ3) is 3.59. The Balaban J connectivity index is 2.73. The molecule has 0 aliphatic carbocycles. The molecule has 70 valence electrons. The quantitative estimate of drug-likeness (QED) is 0.463. The third-order valence-electron chi connectivity index (χ3n) is 1.54. The molecule has 13 heavy (non-hydrogen) atoms. The molecule has 0 radical (unpaired) electrons. The van der Waals surface area contributed by atoms with Crippen molar-refractivity contribution < 1.29 is 9.53 Å². The van der Waals surface area contributed by atoms with Crippen molar-refractivity contribution >= 4 is 21.9 Å². The topological polar surface area (TPSA) is 26.3 Å². The lowest BCUT2D eigenvalue weighted by Crippen LogP contribution is -2.01. The van der Waals surface area contributed by atoms with E-state index in [1.807, 2.05) is 18.2 Å². The van der Waals surface area contributed by atoms with Crippen molar-refractivity contribution in [3.05, 3.63) is 29.8 Å². The molecule has 0 amide bonds. The first-order chi connectivity index (χ1) is 6.22. The first-order valence-corrected chi connectivity index (χ1v) is 5.18. The van der Waals surface area contributed by atoms with Gasteiger partial charge in [0.2, 0.25) is 0 Å². The number of carbonyl (C=O) groups is 1. The van der Waals surface area contributed by atoms with E-state index in [1.165, 1.54) is 6.92 Å². The minimum absolute atomic E-state index is 0.281. The molecule has 1 aromatic rings. The molecule has 0 N–H and O–H groups in total. The van der Waals surface area contributed by atoms with Crippen LogP contribution in [-0.2, 0) is 11.2 Å². The zero-order chi connectivity index (χ0) is 9.68. The predicted octanol–water partition coefficient (Wildman–Crippen LogP) is 2.55. The number of benzene rings is 1. The van der Waals surface area contributed by atoms with Crippen molar-refractivity contribution in [2.75, 3.05) is 5.33 Å². The van der Waals surface area contributed by atoms with E-state index in [1.54, 1.807) is 6.07 Å². The maximum atomic E-state index is 10.7. The van der Waals surface area contributed by atoms with Crippen LogP contribution in [0.5, 0.6) is 5.75 Å². The number of aryl methyl sites for hydroxylation is 1. The summed E-state index contributed by atoms with van der Waals surface area (Å²) >= 11 is 3.35. The minimum Gasteiger partial charge on any atom is -0.427 e. The van der Waals surface area contributed by atoms with Gasteiger partial charge >= 0.3 is 5.97 Å². The van der Waals surface area contributed by atoms with Crippen molar-refractivity contribution in [3.63, 3.8) is 0 Å². The van der Waals surface area contributed by atoms with Crippen molar-refractivity contribution in [3.8, 4) is 5.75 Å². The summed E-state index contributed by atoms with van der Waals surface area (Å²) in [7, 11) is 0. The molecule has 0 bridgehead atoms. The van der Waals surface area contributed by atoms with Gasteiger partial charge in [0, 0.05) is 12.3 Å². The molecular formula is C10H11BrO2.